The minimum absolute atomic E-state index is 0.241. The Hall–Kier alpha value is -3.02. The number of rotatable bonds is 5. The van der Waals surface area contributed by atoms with E-state index in [0.29, 0.717) is 17.2 Å². The Balaban J connectivity index is 1.88. The van der Waals surface area contributed by atoms with Gasteiger partial charge in [-0.1, -0.05) is 11.6 Å². The fourth-order valence-electron chi connectivity index (χ4n) is 2.82. The van der Waals surface area contributed by atoms with E-state index >= 15 is 0 Å². The molecular formula is C19H21N3O3. The molecule has 25 heavy (non-hydrogen) atoms. The molecule has 3 rings (SSSR count). The van der Waals surface area contributed by atoms with Gasteiger partial charge in [-0.05, 0) is 44.2 Å². The number of hydrogen-bond donors (Lipinski definition) is 2. The van der Waals surface area contributed by atoms with Crippen molar-refractivity contribution in [2.75, 3.05) is 14.2 Å². The Bertz CT molecular complexity index is 917. The van der Waals surface area contributed by atoms with Crippen LogP contribution < -0.4 is 14.8 Å². The van der Waals surface area contributed by atoms with E-state index in [9.17, 15) is 4.79 Å². The van der Waals surface area contributed by atoms with E-state index in [1.807, 2.05) is 50.2 Å². The molecular weight excluding hydrogens is 318 g/mol. The minimum Gasteiger partial charge on any atom is -0.497 e. The molecule has 1 aromatic heterocycles. The highest BCUT2D eigenvalue weighted by Gasteiger charge is 2.19. The summed E-state index contributed by atoms with van der Waals surface area (Å²) < 4.78 is 10.7. The second-order valence-electron chi connectivity index (χ2n) is 5.92. The van der Waals surface area contributed by atoms with Crippen molar-refractivity contribution in [2.45, 2.75) is 19.9 Å². The van der Waals surface area contributed by atoms with Crippen molar-refractivity contribution in [3.8, 4) is 11.5 Å². The number of aryl methyl sites for hydroxylation is 1. The average molecular weight is 339 g/mol. The van der Waals surface area contributed by atoms with Crippen molar-refractivity contribution < 1.29 is 14.3 Å². The highest BCUT2D eigenvalue weighted by Crippen LogP contribution is 2.29. The maximum atomic E-state index is 12.7. The first-order valence-electron chi connectivity index (χ1n) is 8.01. The van der Waals surface area contributed by atoms with Crippen molar-refractivity contribution in [2.24, 2.45) is 0 Å². The molecule has 0 saturated heterocycles. The van der Waals surface area contributed by atoms with Gasteiger partial charge in [-0.25, -0.2) is 0 Å². The van der Waals surface area contributed by atoms with Crippen LogP contribution in [-0.4, -0.2) is 30.3 Å². The molecule has 1 atom stereocenters. The normalized spacial score (nSPS) is 12.0. The molecule has 0 radical (unpaired) electrons. The summed E-state index contributed by atoms with van der Waals surface area (Å²) >= 11 is 0. The standard InChI is InChI=1S/C19H21N3O3/c1-11-5-7-16-15(9-11)18(22-21-16)19(23)20-12(2)14-10-13(24-3)6-8-17(14)25-4/h5-10,12H,1-4H3,(H,20,23)(H,21,22). The van der Waals surface area contributed by atoms with Crippen LogP contribution in [0.15, 0.2) is 36.4 Å². The largest absolute Gasteiger partial charge is 0.497 e. The molecule has 3 aromatic rings. The highest BCUT2D eigenvalue weighted by molar-refractivity contribution is 6.04. The van der Waals surface area contributed by atoms with Gasteiger partial charge in [-0.2, -0.15) is 5.10 Å². The first-order valence-corrected chi connectivity index (χ1v) is 8.01. The number of hydrogen-bond acceptors (Lipinski definition) is 4. The third-order valence-electron chi connectivity index (χ3n) is 4.18. The number of benzene rings is 2. The van der Waals surface area contributed by atoms with Crippen LogP contribution >= 0.6 is 0 Å². The van der Waals surface area contributed by atoms with E-state index in [0.717, 1.165) is 22.0 Å². The topological polar surface area (TPSA) is 76.2 Å². The van der Waals surface area contributed by atoms with Crippen LogP contribution in [0.2, 0.25) is 0 Å². The molecule has 6 nitrogen and oxygen atoms in total. The van der Waals surface area contributed by atoms with Crippen LogP contribution in [0.4, 0.5) is 0 Å². The number of methoxy groups -OCH3 is 2. The van der Waals surface area contributed by atoms with Crippen molar-refractivity contribution in [1.29, 1.82) is 0 Å². The van der Waals surface area contributed by atoms with Crippen molar-refractivity contribution in [3.05, 3.63) is 53.2 Å². The number of nitrogens with zero attached hydrogens (tertiary/aromatic N) is 1. The summed E-state index contributed by atoms with van der Waals surface area (Å²) in [5, 5.41) is 10.8. The van der Waals surface area contributed by atoms with E-state index in [2.05, 4.69) is 15.5 Å². The molecule has 2 aromatic carbocycles. The van der Waals surface area contributed by atoms with Gasteiger partial charge in [-0.15, -0.1) is 0 Å². The summed E-state index contributed by atoms with van der Waals surface area (Å²) in [6, 6.07) is 11.1. The summed E-state index contributed by atoms with van der Waals surface area (Å²) in [6.07, 6.45) is 0. The van der Waals surface area contributed by atoms with Gasteiger partial charge >= 0.3 is 0 Å². The van der Waals surface area contributed by atoms with Gasteiger partial charge < -0.3 is 14.8 Å². The van der Waals surface area contributed by atoms with Crippen LogP contribution in [-0.2, 0) is 0 Å². The lowest BCUT2D eigenvalue weighted by molar-refractivity contribution is 0.0936. The number of fused-ring (bicyclic) bond motifs is 1. The summed E-state index contributed by atoms with van der Waals surface area (Å²) in [4.78, 5) is 12.7. The van der Waals surface area contributed by atoms with Gasteiger partial charge in [0.25, 0.3) is 5.91 Å². The summed E-state index contributed by atoms with van der Waals surface area (Å²) in [5.74, 6) is 1.16. The summed E-state index contributed by atoms with van der Waals surface area (Å²) in [5.41, 5.74) is 3.13. The number of aromatic nitrogens is 2. The van der Waals surface area contributed by atoms with E-state index in [-0.39, 0.29) is 11.9 Å². The molecule has 0 saturated carbocycles. The Labute approximate surface area is 146 Å². The molecule has 1 heterocycles. The third kappa shape index (κ3) is 3.28. The fraction of sp³-hybridized carbons (Fsp3) is 0.263. The van der Waals surface area contributed by atoms with Crippen LogP contribution in [0.3, 0.4) is 0 Å². The lowest BCUT2D eigenvalue weighted by atomic mass is 10.1. The van der Waals surface area contributed by atoms with Crippen LogP contribution in [0.1, 0.15) is 34.6 Å². The first-order chi connectivity index (χ1) is 12.0. The van der Waals surface area contributed by atoms with Gasteiger partial charge in [-0.3, -0.25) is 9.89 Å². The number of aromatic amines is 1. The van der Waals surface area contributed by atoms with Gasteiger partial charge in [0, 0.05) is 10.9 Å². The number of H-pyrrole nitrogens is 1. The molecule has 130 valence electrons. The molecule has 0 bridgehead atoms. The molecule has 0 aliphatic heterocycles. The third-order valence-corrected chi connectivity index (χ3v) is 4.18. The Kier molecular flexibility index (Phi) is 4.61. The maximum absolute atomic E-state index is 12.7. The number of carbonyl (C=O) groups excluding carboxylic acids is 1. The van der Waals surface area contributed by atoms with E-state index in [4.69, 9.17) is 9.47 Å². The minimum atomic E-state index is -0.269. The van der Waals surface area contributed by atoms with Crippen LogP contribution in [0.5, 0.6) is 11.5 Å². The smallest absolute Gasteiger partial charge is 0.272 e. The fourth-order valence-corrected chi connectivity index (χ4v) is 2.82. The van der Waals surface area contributed by atoms with Gasteiger partial charge in [0.15, 0.2) is 5.69 Å². The lowest BCUT2D eigenvalue weighted by Crippen LogP contribution is -2.27. The zero-order chi connectivity index (χ0) is 18.0. The second-order valence-corrected chi connectivity index (χ2v) is 5.92. The van der Waals surface area contributed by atoms with Crippen molar-refractivity contribution in [3.63, 3.8) is 0 Å². The zero-order valence-corrected chi connectivity index (χ0v) is 14.7. The van der Waals surface area contributed by atoms with Gasteiger partial charge in [0.05, 0.1) is 25.8 Å². The second kappa shape index (κ2) is 6.84. The molecule has 2 N–H and O–H groups in total. The first kappa shape index (κ1) is 16.8. The Morgan fingerprint density at radius 1 is 1.16 bits per heavy atom. The molecule has 0 aliphatic carbocycles. The van der Waals surface area contributed by atoms with Crippen LogP contribution in [0, 0.1) is 6.92 Å². The van der Waals surface area contributed by atoms with Crippen LogP contribution in [0.25, 0.3) is 10.9 Å². The van der Waals surface area contributed by atoms with Gasteiger partial charge in [0.1, 0.15) is 11.5 Å². The molecule has 0 fully saturated rings. The number of nitrogens with one attached hydrogen (secondary N) is 2. The van der Waals surface area contributed by atoms with E-state index in [1.54, 1.807) is 14.2 Å². The predicted octanol–water partition coefficient (Wildman–Crippen LogP) is 3.38. The SMILES string of the molecule is COc1ccc(OC)c(C(C)NC(=O)c2n[nH]c3ccc(C)cc23)c1. The Morgan fingerprint density at radius 3 is 2.68 bits per heavy atom. The molecule has 0 aliphatic rings. The highest BCUT2D eigenvalue weighted by atomic mass is 16.5. The summed E-state index contributed by atoms with van der Waals surface area (Å²) in [7, 11) is 3.21. The Morgan fingerprint density at radius 2 is 1.96 bits per heavy atom. The monoisotopic (exact) mass is 339 g/mol. The molecule has 1 amide bonds. The average Bonchev–Trinajstić information content (AvgIpc) is 3.04. The number of amides is 1. The van der Waals surface area contributed by atoms with Crippen molar-refractivity contribution >= 4 is 16.8 Å². The quantitative estimate of drug-likeness (QED) is 0.747. The predicted molar refractivity (Wildman–Crippen MR) is 96.3 cm³/mol. The van der Waals surface area contributed by atoms with Crippen molar-refractivity contribution in [1.82, 2.24) is 15.5 Å². The van der Waals surface area contributed by atoms with Gasteiger partial charge in [0.2, 0.25) is 0 Å². The van der Waals surface area contributed by atoms with E-state index in [1.165, 1.54) is 0 Å². The zero-order valence-electron chi connectivity index (χ0n) is 14.7. The molecule has 6 heteroatoms. The maximum Gasteiger partial charge on any atom is 0.272 e. The summed E-state index contributed by atoms with van der Waals surface area (Å²) in [6.45, 7) is 3.88. The molecule has 1 unspecified atom stereocenters. The number of carbonyl (C=O) groups is 1. The lowest BCUT2D eigenvalue weighted by Gasteiger charge is -2.18. The molecule has 0 spiro atoms. The number of ether oxygens (including phenoxy) is 2. The van der Waals surface area contributed by atoms with E-state index < -0.39 is 0 Å².